The molecule has 0 aliphatic carbocycles. The fourth-order valence-electron chi connectivity index (χ4n) is 2.18. The van der Waals surface area contributed by atoms with E-state index in [4.69, 9.17) is 0 Å². The smallest absolute Gasteiger partial charge is 0.311 e. The predicted molar refractivity (Wildman–Crippen MR) is 87.5 cm³/mol. The Labute approximate surface area is 127 Å². The van der Waals surface area contributed by atoms with Gasteiger partial charge in [0, 0.05) is 5.75 Å². The molecule has 0 fully saturated rings. The summed E-state index contributed by atoms with van der Waals surface area (Å²) in [4.78, 5) is 11.3. The summed E-state index contributed by atoms with van der Waals surface area (Å²) in [6.07, 6.45) is 7.75. The molecule has 1 aromatic carbocycles. The van der Waals surface area contributed by atoms with E-state index in [1.807, 2.05) is 30.3 Å². The van der Waals surface area contributed by atoms with Crippen molar-refractivity contribution < 1.29 is 9.90 Å². The Kier molecular flexibility index (Phi) is 9.22. The van der Waals surface area contributed by atoms with Crippen LogP contribution in [0.15, 0.2) is 30.3 Å². The van der Waals surface area contributed by atoms with Gasteiger partial charge < -0.3 is 5.11 Å². The molecule has 0 aliphatic heterocycles. The first-order valence-corrected chi connectivity index (χ1v) is 8.76. The minimum absolute atomic E-state index is 0.374. The van der Waals surface area contributed by atoms with Crippen LogP contribution in [-0.4, -0.2) is 22.6 Å². The summed E-state index contributed by atoms with van der Waals surface area (Å²) in [7, 11) is 0. The molecule has 0 amide bonds. The number of carboxylic acid groups (broad SMARTS) is 1. The number of hydrogen-bond donors (Lipinski definition) is 1. The Morgan fingerprint density at radius 1 is 1.10 bits per heavy atom. The van der Waals surface area contributed by atoms with Crippen LogP contribution >= 0.6 is 11.8 Å². The van der Waals surface area contributed by atoms with E-state index in [9.17, 15) is 9.90 Å². The Bertz CT molecular complexity index is 365. The first-order valence-electron chi connectivity index (χ1n) is 7.61. The van der Waals surface area contributed by atoms with Crippen molar-refractivity contribution >= 4 is 17.7 Å². The zero-order valence-electron chi connectivity index (χ0n) is 12.4. The third-order valence-electron chi connectivity index (χ3n) is 3.43. The van der Waals surface area contributed by atoms with Crippen molar-refractivity contribution in [2.75, 3.05) is 11.5 Å². The second kappa shape index (κ2) is 10.8. The fraction of sp³-hybridized carbons (Fsp3) is 0.588. The highest BCUT2D eigenvalue weighted by Crippen LogP contribution is 2.22. The normalized spacial score (nSPS) is 12.2. The Balaban J connectivity index is 2.19. The van der Waals surface area contributed by atoms with Gasteiger partial charge in [-0.1, -0.05) is 69.4 Å². The molecule has 0 heterocycles. The summed E-state index contributed by atoms with van der Waals surface area (Å²) in [5, 5.41) is 9.31. The number of benzene rings is 1. The molecule has 3 heteroatoms. The van der Waals surface area contributed by atoms with Crippen molar-refractivity contribution in [2.45, 2.75) is 51.4 Å². The van der Waals surface area contributed by atoms with Crippen LogP contribution in [-0.2, 0) is 4.79 Å². The largest absolute Gasteiger partial charge is 0.481 e. The van der Waals surface area contributed by atoms with Gasteiger partial charge in [-0.3, -0.25) is 4.79 Å². The molecule has 0 aliphatic rings. The zero-order valence-corrected chi connectivity index (χ0v) is 13.2. The third-order valence-corrected chi connectivity index (χ3v) is 4.57. The second-order valence-electron chi connectivity index (χ2n) is 5.14. The number of carbonyl (C=O) groups is 1. The van der Waals surface area contributed by atoms with Gasteiger partial charge in [0.05, 0.1) is 5.92 Å². The summed E-state index contributed by atoms with van der Waals surface area (Å²) in [5.74, 6) is 0.657. The van der Waals surface area contributed by atoms with Crippen LogP contribution in [0.4, 0.5) is 0 Å². The lowest BCUT2D eigenvalue weighted by atomic mass is 10.0. The minimum Gasteiger partial charge on any atom is -0.481 e. The van der Waals surface area contributed by atoms with Crippen LogP contribution in [0.5, 0.6) is 0 Å². The number of rotatable bonds is 11. The monoisotopic (exact) mass is 294 g/mol. The SMILES string of the molecule is CCCCCCCCSCC(C(=O)O)c1ccccc1. The number of thioether (sulfide) groups is 1. The van der Waals surface area contributed by atoms with Gasteiger partial charge in [0.2, 0.25) is 0 Å². The summed E-state index contributed by atoms with van der Waals surface area (Å²) in [6.45, 7) is 2.23. The van der Waals surface area contributed by atoms with E-state index in [-0.39, 0.29) is 5.92 Å². The van der Waals surface area contributed by atoms with Gasteiger partial charge in [-0.15, -0.1) is 0 Å². The van der Waals surface area contributed by atoms with E-state index in [2.05, 4.69) is 6.92 Å². The average molecular weight is 294 g/mol. The molecule has 0 bridgehead atoms. The molecule has 1 N–H and O–H groups in total. The van der Waals surface area contributed by atoms with Crippen molar-refractivity contribution in [1.29, 1.82) is 0 Å². The maximum Gasteiger partial charge on any atom is 0.311 e. The molecule has 0 aromatic heterocycles. The van der Waals surface area contributed by atoms with Gasteiger partial charge in [-0.25, -0.2) is 0 Å². The number of unbranched alkanes of at least 4 members (excludes halogenated alkanes) is 5. The van der Waals surface area contributed by atoms with Crippen molar-refractivity contribution in [1.82, 2.24) is 0 Å². The number of aliphatic carboxylic acids is 1. The molecular weight excluding hydrogens is 268 g/mol. The van der Waals surface area contributed by atoms with Gasteiger partial charge in [0.15, 0.2) is 0 Å². The Morgan fingerprint density at radius 3 is 2.40 bits per heavy atom. The van der Waals surface area contributed by atoms with Crippen LogP contribution < -0.4 is 0 Å². The molecule has 0 saturated carbocycles. The van der Waals surface area contributed by atoms with Crippen molar-refractivity contribution in [3.05, 3.63) is 35.9 Å². The first-order chi connectivity index (χ1) is 9.75. The maximum absolute atomic E-state index is 11.3. The summed E-state index contributed by atoms with van der Waals surface area (Å²) in [6, 6.07) is 9.55. The highest BCUT2D eigenvalue weighted by Gasteiger charge is 2.18. The molecule has 0 saturated heterocycles. The van der Waals surface area contributed by atoms with Crippen LogP contribution in [0.3, 0.4) is 0 Å². The van der Waals surface area contributed by atoms with Gasteiger partial charge >= 0.3 is 5.97 Å². The molecule has 20 heavy (non-hydrogen) atoms. The molecule has 0 spiro atoms. The highest BCUT2D eigenvalue weighted by atomic mass is 32.2. The predicted octanol–water partition coefficient (Wildman–Crippen LogP) is 4.95. The zero-order chi connectivity index (χ0) is 14.6. The van der Waals surface area contributed by atoms with Gasteiger partial charge in [0.1, 0.15) is 0 Å². The van der Waals surface area contributed by atoms with Gasteiger partial charge in [-0.05, 0) is 17.7 Å². The van der Waals surface area contributed by atoms with Crippen molar-refractivity contribution in [2.24, 2.45) is 0 Å². The van der Waals surface area contributed by atoms with Crippen molar-refractivity contribution in [3.63, 3.8) is 0 Å². The summed E-state index contributed by atoms with van der Waals surface area (Å²) >= 11 is 1.77. The molecule has 0 radical (unpaired) electrons. The lowest BCUT2D eigenvalue weighted by Crippen LogP contribution is -2.14. The molecule has 1 unspecified atom stereocenters. The minimum atomic E-state index is -0.716. The van der Waals surface area contributed by atoms with E-state index >= 15 is 0 Å². The first kappa shape index (κ1) is 17.1. The van der Waals surface area contributed by atoms with E-state index < -0.39 is 5.97 Å². The van der Waals surface area contributed by atoms with E-state index in [1.165, 1.54) is 38.5 Å². The van der Waals surface area contributed by atoms with Crippen LogP contribution in [0.25, 0.3) is 0 Å². The lowest BCUT2D eigenvalue weighted by Gasteiger charge is -2.12. The molecule has 1 aromatic rings. The Hall–Kier alpha value is -0.960. The van der Waals surface area contributed by atoms with E-state index in [1.54, 1.807) is 11.8 Å². The molecule has 112 valence electrons. The van der Waals surface area contributed by atoms with Crippen molar-refractivity contribution in [3.8, 4) is 0 Å². The summed E-state index contributed by atoms with van der Waals surface area (Å²) < 4.78 is 0. The average Bonchev–Trinajstić information content (AvgIpc) is 2.46. The van der Waals surface area contributed by atoms with Gasteiger partial charge in [-0.2, -0.15) is 11.8 Å². The van der Waals surface area contributed by atoms with Crippen LogP contribution in [0.2, 0.25) is 0 Å². The number of carboxylic acids is 1. The quantitative estimate of drug-likeness (QED) is 0.587. The Morgan fingerprint density at radius 2 is 1.75 bits per heavy atom. The van der Waals surface area contributed by atoms with Gasteiger partial charge in [0.25, 0.3) is 0 Å². The third kappa shape index (κ3) is 6.99. The highest BCUT2D eigenvalue weighted by molar-refractivity contribution is 7.99. The topological polar surface area (TPSA) is 37.3 Å². The standard InChI is InChI=1S/C17H26O2S/c1-2-3-4-5-6-10-13-20-14-16(17(18)19)15-11-8-7-9-12-15/h7-9,11-12,16H,2-6,10,13-14H2,1H3,(H,18,19). The molecule has 1 rings (SSSR count). The van der Waals surface area contributed by atoms with Crippen LogP contribution in [0, 0.1) is 0 Å². The molecular formula is C17H26O2S. The number of hydrogen-bond acceptors (Lipinski definition) is 2. The van der Waals surface area contributed by atoms with Crippen LogP contribution in [0.1, 0.15) is 56.9 Å². The van der Waals surface area contributed by atoms with E-state index in [0.717, 1.165) is 11.3 Å². The fourth-order valence-corrected chi connectivity index (χ4v) is 3.33. The summed E-state index contributed by atoms with van der Waals surface area (Å²) in [5.41, 5.74) is 0.912. The van der Waals surface area contributed by atoms with E-state index in [0.29, 0.717) is 5.75 Å². The molecule has 2 nitrogen and oxygen atoms in total. The molecule has 1 atom stereocenters. The lowest BCUT2D eigenvalue weighted by molar-refractivity contribution is -0.138. The second-order valence-corrected chi connectivity index (χ2v) is 6.29. The maximum atomic E-state index is 11.3.